The van der Waals surface area contributed by atoms with Gasteiger partial charge in [0.1, 0.15) is 5.82 Å². The summed E-state index contributed by atoms with van der Waals surface area (Å²) in [4.78, 5) is 27.5. The zero-order chi connectivity index (χ0) is 15.0. The fraction of sp³-hybridized carbons (Fsp3) is 0.357. The maximum Gasteiger partial charge on any atom is 0.505 e. The first-order valence-electron chi connectivity index (χ1n) is 6.59. The van der Waals surface area contributed by atoms with E-state index in [0.29, 0.717) is 23.9 Å². The number of aromatic nitrogens is 2. The first-order valence-corrected chi connectivity index (χ1v) is 7.38. The van der Waals surface area contributed by atoms with E-state index in [1.165, 1.54) is 0 Å². The molecule has 1 unspecified atom stereocenters. The Bertz CT molecular complexity index is 771. The van der Waals surface area contributed by atoms with E-state index in [-0.39, 0.29) is 18.1 Å². The maximum atomic E-state index is 12.5. The minimum absolute atomic E-state index is 0.0148. The predicted molar refractivity (Wildman–Crippen MR) is 79.5 cm³/mol. The Hall–Kier alpha value is -1.89. The largest absolute Gasteiger partial charge is 0.505 e. The summed E-state index contributed by atoms with van der Waals surface area (Å²) in [6.45, 7) is 0.556. The molecule has 21 heavy (non-hydrogen) atoms. The minimum atomic E-state index is -1.28. The molecule has 110 valence electrons. The molecule has 1 aliphatic heterocycles. The van der Waals surface area contributed by atoms with Gasteiger partial charge < -0.3 is 9.84 Å². The Balaban J connectivity index is 1.96. The average Bonchev–Trinajstić information content (AvgIpc) is 2.45. The number of halogens is 1. The molecule has 0 spiro atoms. The number of carboxylic acid groups (broad SMARTS) is 1. The lowest BCUT2D eigenvalue weighted by molar-refractivity contribution is 0.0698. The van der Waals surface area contributed by atoms with Crippen LogP contribution in [-0.2, 0) is 17.7 Å². The standard InChI is InChI=1S/C14H13BrN2O4/c15-9-2-3-10-11(5-9)16-12-4-1-8(7-21-14(19)20)6-17(12)13(10)18/h2-3,5,8H,1,4,6-7H2,(H,19,20). The summed E-state index contributed by atoms with van der Waals surface area (Å²) in [5.41, 5.74) is 0.600. The normalized spacial score (nSPS) is 17.5. The lowest BCUT2D eigenvalue weighted by atomic mass is 9.99. The van der Waals surface area contributed by atoms with Crippen molar-refractivity contribution >= 4 is 33.0 Å². The van der Waals surface area contributed by atoms with Gasteiger partial charge in [0.25, 0.3) is 5.56 Å². The molecule has 1 atom stereocenters. The van der Waals surface area contributed by atoms with Crippen molar-refractivity contribution < 1.29 is 14.6 Å². The van der Waals surface area contributed by atoms with E-state index in [4.69, 9.17) is 5.11 Å². The van der Waals surface area contributed by atoms with Crippen molar-refractivity contribution in [3.8, 4) is 0 Å². The second-order valence-electron chi connectivity index (χ2n) is 5.09. The molecule has 0 bridgehead atoms. The zero-order valence-electron chi connectivity index (χ0n) is 11.1. The molecule has 1 N–H and O–H groups in total. The van der Waals surface area contributed by atoms with Crippen LogP contribution in [0, 0.1) is 5.92 Å². The molecular weight excluding hydrogens is 340 g/mol. The fourth-order valence-electron chi connectivity index (χ4n) is 2.63. The fourth-order valence-corrected chi connectivity index (χ4v) is 2.98. The number of nitrogens with zero attached hydrogens (tertiary/aromatic N) is 2. The minimum Gasteiger partial charge on any atom is -0.450 e. The highest BCUT2D eigenvalue weighted by molar-refractivity contribution is 9.10. The van der Waals surface area contributed by atoms with Crippen LogP contribution >= 0.6 is 15.9 Å². The molecule has 0 fully saturated rings. The highest BCUT2D eigenvalue weighted by atomic mass is 79.9. The van der Waals surface area contributed by atoms with Crippen molar-refractivity contribution in [3.05, 3.63) is 38.9 Å². The summed E-state index contributed by atoms with van der Waals surface area (Å²) in [5.74, 6) is 0.762. The Labute approximate surface area is 128 Å². The van der Waals surface area contributed by atoms with Crippen LogP contribution in [0.5, 0.6) is 0 Å². The lowest BCUT2D eigenvalue weighted by Crippen LogP contribution is -2.34. The van der Waals surface area contributed by atoms with Crippen LogP contribution in [0.1, 0.15) is 12.2 Å². The van der Waals surface area contributed by atoms with Crippen LogP contribution < -0.4 is 5.56 Å². The molecule has 1 aromatic carbocycles. The molecule has 2 heterocycles. The lowest BCUT2D eigenvalue weighted by Gasteiger charge is -2.25. The van der Waals surface area contributed by atoms with E-state index in [1.807, 2.05) is 12.1 Å². The topological polar surface area (TPSA) is 81.4 Å². The van der Waals surface area contributed by atoms with Crippen molar-refractivity contribution in [3.63, 3.8) is 0 Å². The van der Waals surface area contributed by atoms with Crippen LogP contribution in [0.2, 0.25) is 0 Å². The molecule has 7 heteroatoms. The molecule has 0 saturated heterocycles. The summed E-state index contributed by atoms with van der Waals surface area (Å²) in [5, 5.41) is 9.12. The number of hydrogen-bond acceptors (Lipinski definition) is 4. The van der Waals surface area contributed by atoms with Gasteiger partial charge >= 0.3 is 6.16 Å². The number of rotatable bonds is 2. The van der Waals surface area contributed by atoms with Gasteiger partial charge in [0.2, 0.25) is 0 Å². The first kappa shape index (κ1) is 14.1. The zero-order valence-corrected chi connectivity index (χ0v) is 12.7. The number of carbonyl (C=O) groups is 1. The Morgan fingerprint density at radius 3 is 3.10 bits per heavy atom. The van der Waals surface area contributed by atoms with Crippen LogP contribution in [0.25, 0.3) is 10.9 Å². The summed E-state index contributed by atoms with van der Waals surface area (Å²) in [7, 11) is 0. The Morgan fingerprint density at radius 1 is 1.52 bits per heavy atom. The highest BCUT2D eigenvalue weighted by Crippen LogP contribution is 2.21. The quantitative estimate of drug-likeness (QED) is 0.839. The second-order valence-corrected chi connectivity index (χ2v) is 6.00. The molecule has 3 rings (SSSR count). The monoisotopic (exact) mass is 352 g/mol. The Morgan fingerprint density at radius 2 is 2.33 bits per heavy atom. The second kappa shape index (κ2) is 5.48. The third-order valence-corrected chi connectivity index (χ3v) is 4.15. The molecule has 0 aliphatic carbocycles. The van der Waals surface area contributed by atoms with E-state index in [9.17, 15) is 9.59 Å². The molecule has 0 amide bonds. The van der Waals surface area contributed by atoms with Crippen molar-refractivity contribution in [2.45, 2.75) is 19.4 Å². The van der Waals surface area contributed by atoms with Crippen molar-refractivity contribution in [2.75, 3.05) is 6.61 Å². The molecular formula is C14H13BrN2O4. The van der Waals surface area contributed by atoms with Gasteiger partial charge in [0.15, 0.2) is 0 Å². The van der Waals surface area contributed by atoms with Gasteiger partial charge in [0.05, 0.1) is 17.5 Å². The van der Waals surface area contributed by atoms with Crippen LogP contribution in [0.15, 0.2) is 27.5 Å². The van der Waals surface area contributed by atoms with Gasteiger partial charge in [-0.15, -0.1) is 0 Å². The van der Waals surface area contributed by atoms with Crippen LogP contribution in [-0.4, -0.2) is 27.4 Å². The van der Waals surface area contributed by atoms with E-state index in [2.05, 4.69) is 25.7 Å². The number of fused-ring (bicyclic) bond motifs is 2. The number of aryl methyl sites for hydroxylation is 1. The van der Waals surface area contributed by atoms with E-state index in [1.54, 1.807) is 10.6 Å². The van der Waals surface area contributed by atoms with Crippen LogP contribution in [0.4, 0.5) is 4.79 Å². The highest BCUT2D eigenvalue weighted by Gasteiger charge is 2.22. The van der Waals surface area contributed by atoms with Gasteiger partial charge in [-0.1, -0.05) is 15.9 Å². The molecule has 0 saturated carbocycles. The summed E-state index contributed by atoms with van der Waals surface area (Å²) < 4.78 is 7.13. The van der Waals surface area contributed by atoms with E-state index < -0.39 is 6.16 Å². The first-order chi connectivity index (χ1) is 10.0. The van der Waals surface area contributed by atoms with Gasteiger partial charge in [-0.2, -0.15) is 0 Å². The Kier molecular flexibility index (Phi) is 3.67. The summed E-state index contributed by atoms with van der Waals surface area (Å²) >= 11 is 3.38. The molecule has 1 aromatic heterocycles. The smallest absolute Gasteiger partial charge is 0.450 e. The molecule has 2 aromatic rings. The third kappa shape index (κ3) is 2.78. The van der Waals surface area contributed by atoms with Crippen molar-refractivity contribution in [2.24, 2.45) is 5.92 Å². The molecule has 0 radical (unpaired) electrons. The van der Waals surface area contributed by atoms with Crippen molar-refractivity contribution in [1.82, 2.24) is 9.55 Å². The molecule has 1 aliphatic rings. The SMILES string of the molecule is O=C(O)OCC1CCc2nc3cc(Br)ccc3c(=O)n2C1. The van der Waals surface area contributed by atoms with E-state index in [0.717, 1.165) is 16.7 Å². The number of ether oxygens (including phenoxy) is 1. The van der Waals surface area contributed by atoms with Gasteiger partial charge in [-0.05, 0) is 24.6 Å². The van der Waals surface area contributed by atoms with Crippen molar-refractivity contribution in [1.29, 1.82) is 0 Å². The maximum absolute atomic E-state index is 12.5. The average molecular weight is 353 g/mol. The van der Waals surface area contributed by atoms with Gasteiger partial charge in [-0.25, -0.2) is 9.78 Å². The van der Waals surface area contributed by atoms with Crippen LogP contribution in [0.3, 0.4) is 0 Å². The molecule has 6 nitrogen and oxygen atoms in total. The number of hydrogen-bond donors (Lipinski definition) is 1. The summed E-state index contributed by atoms with van der Waals surface area (Å²) in [6.07, 6.45) is 0.125. The van der Waals surface area contributed by atoms with Gasteiger partial charge in [-0.3, -0.25) is 9.36 Å². The predicted octanol–water partition coefficient (Wildman–Crippen LogP) is 2.42. The number of benzene rings is 1. The summed E-state index contributed by atoms with van der Waals surface area (Å²) in [6, 6.07) is 5.39. The van der Waals surface area contributed by atoms with Gasteiger partial charge in [0, 0.05) is 23.4 Å². The third-order valence-electron chi connectivity index (χ3n) is 3.66. The van der Waals surface area contributed by atoms with E-state index >= 15 is 0 Å².